The number of pyridine rings is 1. The Kier molecular flexibility index (Phi) is 6.47. The Balaban J connectivity index is 1.96. The van der Waals surface area contributed by atoms with Crippen LogP contribution in [0.15, 0.2) is 16.7 Å². The molecule has 0 saturated carbocycles. The fourth-order valence-corrected chi connectivity index (χ4v) is 4.26. The summed E-state index contributed by atoms with van der Waals surface area (Å²) in [5.41, 5.74) is 2.00. The number of halogens is 1. The van der Waals surface area contributed by atoms with Crippen molar-refractivity contribution in [3.8, 4) is 0 Å². The van der Waals surface area contributed by atoms with E-state index in [1.54, 1.807) is 0 Å². The van der Waals surface area contributed by atoms with Crippen molar-refractivity contribution in [2.24, 2.45) is 0 Å². The number of hydrogen-bond donors (Lipinski definition) is 0. The van der Waals surface area contributed by atoms with E-state index < -0.39 is 0 Å². The van der Waals surface area contributed by atoms with Gasteiger partial charge in [0.1, 0.15) is 11.3 Å². The zero-order valence-electron chi connectivity index (χ0n) is 15.7. The average Bonchev–Trinajstić information content (AvgIpc) is 2.80. The standard InChI is InChI=1S/C19H30BrN5/c1-4-8-17(24-10-7-9-23(5-2)11-12-24)19-22-16-13-15(20)14-21-18(16)25(19)6-3/h13-14,17H,4-12H2,1-3H3. The Morgan fingerprint density at radius 1 is 1.12 bits per heavy atom. The second-order valence-corrected chi connectivity index (χ2v) is 7.75. The summed E-state index contributed by atoms with van der Waals surface area (Å²) in [5.74, 6) is 1.19. The largest absolute Gasteiger partial charge is 0.312 e. The molecule has 0 spiro atoms. The lowest BCUT2D eigenvalue weighted by Crippen LogP contribution is -2.34. The van der Waals surface area contributed by atoms with E-state index in [0.29, 0.717) is 6.04 Å². The molecule has 0 bridgehead atoms. The van der Waals surface area contributed by atoms with Crippen molar-refractivity contribution in [2.75, 3.05) is 32.7 Å². The lowest BCUT2D eigenvalue weighted by Gasteiger charge is -2.30. The molecular formula is C19H30BrN5. The highest BCUT2D eigenvalue weighted by molar-refractivity contribution is 9.10. The molecular weight excluding hydrogens is 378 g/mol. The number of rotatable bonds is 6. The number of aromatic nitrogens is 3. The third kappa shape index (κ3) is 4.07. The Morgan fingerprint density at radius 2 is 1.96 bits per heavy atom. The van der Waals surface area contributed by atoms with Gasteiger partial charge >= 0.3 is 0 Å². The number of aryl methyl sites for hydroxylation is 1. The van der Waals surface area contributed by atoms with E-state index in [2.05, 4.69) is 62.1 Å². The maximum atomic E-state index is 5.02. The first kappa shape index (κ1) is 18.8. The fraction of sp³-hybridized carbons (Fsp3) is 0.684. The quantitative estimate of drug-likeness (QED) is 0.722. The Bertz CT molecular complexity index is 698. The molecule has 0 amide bonds. The summed E-state index contributed by atoms with van der Waals surface area (Å²) in [6, 6.07) is 2.47. The molecule has 0 N–H and O–H groups in total. The van der Waals surface area contributed by atoms with Crippen LogP contribution in [-0.2, 0) is 6.54 Å². The molecule has 3 rings (SSSR count). The molecule has 6 heteroatoms. The summed E-state index contributed by atoms with van der Waals surface area (Å²) in [6.07, 6.45) is 5.43. The van der Waals surface area contributed by atoms with E-state index in [1.807, 2.05) is 6.20 Å². The number of nitrogens with zero attached hydrogens (tertiary/aromatic N) is 5. The second-order valence-electron chi connectivity index (χ2n) is 6.84. The molecule has 0 radical (unpaired) electrons. The van der Waals surface area contributed by atoms with E-state index in [-0.39, 0.29) is 0 Å². The number of fused-ring (bicyclic) bond motifs is 1. The lowest BCUT2D eigenvalue weighted by atomic mass is 10.1. The minimum atomic E-state index is 0.384. The molecule has 0 aromatic carbocycles. The van der Waals surface area contributed by atoms with Crippen molar-refractivity contribution in [2.45, 2.75) is 52.6 Å². The first-order valence-corrected chi connectivity index (χ1v) is 10.4. The van der Waals surface area contributed by atoms with Gasteiger partial charge in [0.05, 0.1) is 6.04 Å². The summed E-state index contributed by atoms with van der Waals surface area (Å²) in [4.78, 5) is 14.9. The molecule has 2 aromatic heterocycles. The molecule has 1 atom stereocenters. The Morgan fingerprint density at radius 3 is 2.68 bits per heavy atom. The summed E-state index contributed by atoms with van der Waals surface area (Å²) in [6.45, 7) is 13.5. The topological polar surface area (TPSA) is 37.2 Å². The van der Waals surface area contributed by atoms with Gasteiger partial charge in [-0.2, -0.15) is 0 Å². The zero-order chi connectivity index (χ0) is 17.8. The normalized spacial score (nSPS) is 18.6. The maximum absolute atomic E-state index is 5.02. The average molecular weight is 408 g/mol. The molecule has 1 aliphatic heterocycles. The van der Waals surface area contributed by atoms with Crippen LogP contribution in [0.2, 0.25) is 0 Å². The molecule has 138 valence electrons. The Hall–Kier alpha value is -0.980. The molecule has 0 aliphatic carbocycles. The van der Waals surface area contributed by atoms with Crippen molar-refractivity contribution in [3.05, 3.63) is 22.6 Å². The van der Waals surface area contributed by atoms with Crippen LogP contribution in [0.4, 0.5) is 0 Å². The van der Waals surface area contributed by atoms with Gasteiger partial charge in [0.2, 0.25) is 0 Å². The van der Waals surface area contributed by atoms with Gasteiger partial charge in [-0.15, -0.1) is 0 Å². The maximum Gasteiger partial charge on any atom is 0.160 e. The van der Waals surface area contributed by atoms with Gasteiger partial charge in [-0.1, -0.05) is 20.3 Å². The molecule has 1 unspecified atom stereocenters. The number of likely N-dealkylation sites (N-methyl/N-ethyl adjacent to an activating group) is 1. The van der Waals surface area contributed by atoms with Crippen LogP contribution in [-0.4, -0.2) is 57.1 Å². The van der Waals surface area contributed by atoms with Gasteiger partial charge < -0.3 is 9.47 Å². The van der Waals surface area contributed by atoms with Crippen LogP contribution in [0, 0.1) is 0 Å². The van der Waals surface area contributed by atoms with Crippen molar-refractivity contribution in [1.29, 1.82) is 0 Å². The molecule has 2 aromatic rings. The monoisotopic (exact) mass is 407 g/mol. The fourth-order valence-electron chi connectivity index (χ4n) is 3.94. The third-order valence-electron chi connectivity index (χ3n) is 5.27. The SMILES string of the molecule is CCCC(c1nc2cc(Br)cnc2n1CC)N1CCCN(CC)CC1. The first-order chi connectivity index (χ1) is 12.2. The molecule has 3 heterocycles. The minimum absolute atomic E-state index is 0.384. The number of hydrogen-bond acceptors (Lipinski definition) is 4. The van der Waals surface area contributed by atoms with Crippen LogP contribution in [0.1, 0.15) is 51.9 Å². The smallest absolute Gasteiger partial charge is 0.160 e. The highest BCUT2D eigenvalue weighted by Gasteiger charge is 2.27. The van der Waals surface area contributed by atoms with Crippen molar-refractivity contribution in [3.63, 3.8) is 0 Å². The van der Waals surface area contributed by atoms with E-state index >= 15 is 0 Å². The molecule has 1 aliphatic rings. The summed E-state index contributed by atoms with van der Waals surface area (Å²) in [7, 11) is 0. The molecule has 1 saturated heterocycles. The van der Waals surface area contributed by atoms with Gasteiger partial charge in [-0.3, -0.25) is 4.90 Å². The van der Waals surface area contributed by atoms with Crippen LogP contribution < -0.4 is 0 Å². The van der Waals surface area contributed by atoms with E-state index in [9.17, 15) is 0 Å². The van der Waals surface area contributed by atoms with Gasteiger partial charge in [0, 0.05) is 36.8 Å². The van der Waals surface area contributed by atoms with E-state index in [1.165, 1.54) is 25.2 Å². The Labute approximate surface area is 159 Å². The number of imidazole rings is 1. The molecule has 1 fully saturated rings. The highest BCUT2D eigenvalue weighted by atomic mass is 79.9. The minimum Gasteiger partial charge on any atom is -0.312 e. The lowest BCUT2D eigenvalue weighted by molar-refractivity contribution is 0.179. The predicted molar refractivity (Wildman–Crippen MR) is 107 cm³/mol. The summed E-state index contributed by atoms with van der Waals surface area (Å²) < 4.78 is 3.30. The van der Waals surface area contributed by atoms with Crippen LogP contribution in [0.3, 0.4) is 0 Å². The van der Waals surface area contributed by atoms with Gasteiger partial charge in [0.25, 0.3) is 0 Å². The zero-order valence-corrected chi connectivity index (χ0v) is 17.3. The van der Waals surface area contributed by atoms with E-state index in [4.69, 9.17) is 4.98 Å². The first-order valence-electron chi connectivity index (χ1n) is 9.66. The molecule has 5 nitrogen and oxygen atoms in total. The predicted octanol–water partition coefficient (Wildman–Crippen LogP) is 4.08. The molecule has 25 heavy (non-hydrogen) atoms. The van der Waals surface area contributed by atoms with Gasteiger partial charge in [0.15, 0.2) is 5.65 Å². The summed E-state index contributed by atoms with van der Waals surface area (Å²) >= 11 is 3.53. The van der Waals surface area contributed by atoms with E-state index in [0.717, 1.165) is 54.8 Å². The van der Waals surface area contributed by atoms with Crippen LogP contribution in [0.25, 0.3) is 11.2 Å². The van der Waals surface area contributed by atoms with Crippen molar-refractivity contribution >= 4 is 27.1 Å². The van der Waals surface area contributed by atoms with Crippen molar-refractivity contribution in [1.82, 2.24) is 24.3 Å². The second kappa shape index (κ2) is 8.60. The third-order valence-corrected chi connectivity index (χ3v) is 5.70. The van der Waals surface area contributed by atoms with Gasteiger partial charge in [-0.25, -0.2) is 9.97 Å². The van der Waals surface area contributed by atoms with Crippen molar-refractivity contribution < 1.29 is 0 Å². The van der Waals surface area contributed by atoms with Gasteiger partial charge in [-0.05, 0) is 54.9 Å². The highest BCUT2D eigenvalue weighted by Crippen LogP contribution is 2.29. The van der Waals surface area contributed by atoms with Crippen LogP contribution >= 0.6 is 15.9 Å². The van der Waals surface area contributed by atoms with Crippen LogP contribution in [0.5, 0.6) is 0 Å². The summed E-state index contributed by atoms with van der Waals surface area (Å²) in [5, 5.41) is 0.